The van der Waals surface area contributed by atoms with Crippen molar-refractivity contribution in [3.8, 4) is 17.2 Å². The second-order valence-corrected chi connectivity index (χ2v) is 7.13. The van der Waals surface area contributed by atoms with Crippen LogP contribution in [-0.4, -0.2) is 33.6 Å². The van der Waals surface area contributed by atoms with Crippen LogP contribution in [0.5, 0.6) is 17.2 Å². The highest BCUT2D eigenvalue weighted by Crippen LogP contribution is 2.53. The molecule has 1 heterocycles. The predicted octanol–water partition coefficient (Wildman–Crippen LogP) is 3.85. The van der Waals surface area contributed by atoms with Gasteiger partial charge in [0.25, 0.3) is 0 Å². The maximum Gasteiger partial charge on any atom is 0.188 e. The average molecular weight is 384 g/mol. The third kappa shape index (κ3) is 3.70. The molecule has 6 heteroatoms. The van der Waals surface area contributed by atoms with E-state index < -0.39 is 0 Å². The summed E-state index contributed by atoms with van der Waals surface area (Å²) in [6, 6.07) is 13.6. The van der Waals surface area contributed by atoms with E-state index in [4.69, 9.17) is 23.7 Å². The van der Waals surface area contributed by atoms with E-state index in [9.17, 15) is 4.79 Å². The normalized spacial score (nSPS) is 22.9. The summed E-state index contributed by atoms with van der Waals surface area (Å²) < 4.78 is 27.3. The summed E-state index contributed by atoms with van der Waals surface area (Å²) in [5.41, 5.74) is 2.08. The molecule has 4 rings (SSSR count). The summed E-state index contributed by atoms with van der Waals surface area (Å²) in [7, 11) is 3.17. The second kappa shape index (κ2) is 8.20. The first-order valence-electron chi connectivity index (χ1n) is 9.35. The van der Waals surface area contributed by atoms with Crippen molar-refractivity contribution in [1.29, 1.82) is 0 Å². The van der Waals surface area contributed by atoms with Gasteiger partial charge in [-0.2, -0.15) is 0 Å². The highest BCUT2D eigenvalue weighted by Gasteiger charge is 2.45. The molecule has 0 aromatic heterocycles. The number of methoxy groups -OCH3 is 2. The van der Waals surface area contributed by atoms with Crippen LogP contribution in [0.4, 0.5) is 0 Å². The van der Waals surface area contributed by atoms with Crippen molar-refractivity contribution in [3.05, 3.63) is 53.6 Å². The van der Waals surface area contributed by atoms with Gasteiger partial charge in [-0.05, 0) is 35.9 Å². The molecule has 3 atom stereocenters. The summed E-state index contributed by atoms with van der Waals surface area (Å²) in [5, 5.41) is 0. The SMILES string of the molecule is COCOc1ccc(C2Oc3ccc(OCOC)cc3[C@H]3CC(=O)C[C@@H]23)cc1. The van der Waals surface area contributed by atoms with Crippen LogP contribution in [0.3, 0.4) is 0 Å². The van der Waals surface area contributed by atoms with Crippen molar-refractivity contribution in [1.82, 2.24) is 0 Å². The smallest absolute Gasteiger partial charge is 0.188 e. The fourth-order valence-electron chi connectivity index (χ4n) is 4.10. The van der Waals surface area contributed by atoms with Crippen molar-refractivity contribution in [3.63, 3.8) is 0 Å². The van der Waals surface area contributed by atoms with Gasteiger partial charge in [0.05, 0.1) is 0 Å². The second-order valence-electron chi connectivity index (χ2n) is 7.13. The van der Waals surface area contributed by atoms with Crippen molar-refractivity contribution in [2.45, 2.75) is 24.9 Å². The van der Waals surface area contributed by atoms with Gasteiger partial charge in [0, 0.05) is 44.5 Å². The summed E-state index contributed by atoms with van der Waals surface area (Å²) >= 11 is 0. The van der Waals surface area contributed by atoms with Crippen molar-refractivity contribution >= 4 is 5.78 Å². The summed E-state index contributed by atoms with van der Waals surface area (Å²) in [6.45, 7) is 0.395. The average Bonchev–Trinajstić information content (AvgIpc) is 3.12. The number of hydrogen-bond acceptors (Lipinski definition) is 6. The molecule has 0 amide bonds. The van der Waals surface area contributed by atoms with Crippen LogP contribution in [0.1, 0.15) is 36.0 Å². The molecule has 1 saturated carbocycles. The molecule has 0 bridgehead atoms. The molecular weight excluding hydrogens is 360 g/mol. The van der Waals surface area contributed by atoms with Crippen LogP contribution < -0.4 is 14.2 Å². The van der Waals surface area contributed by atoms with Gasteiger partial charge in [-0.25, -0.2) is 0 Å². The lowest BCUT2D eigenvalue weighted by molar-refractivity contribution is -0.117. The lowest BCUT2D eigenvalue weighted by atomic mass is 9.80. The molecule has 1 fully saturated rings. The van der Waals surface area contributed by atoms with Crippen LogP contribution in [0, 0.1) is 5.92 Å². The molecule has 1 aliphatic heterocycles. The van der Waals surface area contributed by atoms with Gasteiger partial charge in [-0.3, -0.25) is 4.79 Å². The molecule has 2 aliphatic rings. The van der Waals surface area contributed by atoms with Crippen molar-refractivity contribution < 1.29 is 28.5 Å². The number of carbonyl (C=O) groups is 1. The Hall–Kier alpha value is -2.57. The van der Waals surface area contributed by atoms with Gasteiger partial charge in [-0.15, -0.1) is 0 Å². The van der Waals surface area contributed by atoms with Gasteiger partial charge in [0.1, 0.15) is 29.1 Å². The van der Waals surface area contributed by atoms with Gasteiger partial charge < -0.3 is 23.7 Å². The maximum absolute atomic E-state index is 12.3. The Kier molecular flexibility index (Phi) is 5.50. The Bertz CT molecular complexity index is 831. The molecule has 0 saturated heterocycles. The number of Topliss-reactive ketones (excluding diaryl/α,β-unsaturated/α-hetero) is 1. The van der Waals surface area contributed by atoms with Crippen molar-refractivity contribution in [2.75, 3.05) is 27.8 Å². The number of rotatable bonds is 7. The van der Waals surface area contributed by atoms with Crippen LogP contribution in [0.15, 0.2) is 42.5 Å². The maximum atomic E-state index is 12.3. The van der Waals surface area contributed by atoms with E-state index >= 15 is 0 Å². The third-order valence-electron chi connectivity index (χ3n) is 5.35. The number of ketones is 1. The van der Waals surface area contributed by atoms with Gasteiger partial charge >= 0.3 is 0 Å². The van der Waals surface area contributed by atoms with Crippen LogP contribution in [-0.2, 0) is 14.3 Å². The molecule has 0 N–H and O–H groups in total. The summed E-state index contributed by atoms with van der Waals surface area (Å²) in [6.07, 6.45) is 0.909. The first-order valence-corrected chi connectivity index (χ1v) is 9.35. The minimum Gasteiger partial charge on any atom is -0.485 e. The highest BCUT2D eigenvalue weighted by atomic mass is 16.7. The fraction of sp³-hybridized carbons (Fsp3) is 0.409. The lowest BCUT2D eigenvalue weighted by Gasteiger charge is -2.36. The topological polar surface area (TPSA) is 63.2 Å². The molecule has 2 aromatic carbocycles. The Morgan fingerprint density at radius 2 is 1.61 bits per heavy atom. The molecule has 1 unspecified atom stereocenters. The predicted molar refractivity (Wildman–Crippen MR) is 102 cm³/mol. The van der Waals surface area contributed by atoms with Gasteiger partial charge in [-0.1, -0.05) is 12.1 Å². The molecule has 6 nitrogen and oxygen atoms in total. The Balaban J connectivity index is 1.61. The van der Waals surface area contributed by atoms with Gasteiger partial charge in [0.15, 0.2) is 13.6 Å². The van der Waals surface area contributed by atoms with E-state index in [1.165, 1.54) is 0 Å². The quantitative estimate of drug-likeness (QED) is 0.676. The van der Waals surface area contributed by atoms with Crippen LogP contribution in [0.2, 0.25) is 0 Å². The Morgan fingerprint density at radius 1 is 0.929 bits per heavy atom. The fourth-order valence-corrected chi connectivity index (χ4v) is 4.10. The molecule has 148 valence electrons. The summed E-state index contributed by atoms with van der Waals surface area (Å²) in [4.78, 5) is 12.3. The molecular formula is C22H24O6. The number of ether oxygens (including phenoxy) is 5. The Labute approximate surface area is 164 Å². The monoisotopic (exact) mass is 384 g/mol. The minimum atomic E-state index is -0.161. The van der Waals surface area contributed by atoms with E-state index in [-0.39, 0.29) is 37.3 Å². The molecule has 1 aliphatic carbocycles. The van der Waals surface area contributed by atoms with E-state index in [1.807, 2.05) is 42.5 Å². The zero-order chi connectivity index (χ0) is 19.5. The zero-order valence-corrected chi connectivity index (χ0v) is 16.1. The first kappa shape index (κ1) is 18.8. The molecule has 0 spiro atoms. The van der Waals surface area contributed by atoms with E-state index in [0.29, 0.717) is 12.8 Å². The third-order valence-corrected chi connectivity index (χ3v) is 5.35. The van der Waals surface area contributed by atoms with E-state index in [0.717, 1.165) is 28.4 Å². The number of hydrogen-bond donors (Lipinski definition) is 0. The van der Waals surface area contributed by atoms with E-state index in [1.54, 1.807) is 14.2 Å². The first-order chi connectivity index (χ1) is 13.7. The summed E-state index contributed by atoms with van der Waals surface area (Å²) in [5.74, 6) is 2.80. The zero-order valence-electron chi connectivity index (χ0n) is 16.1. The largest absolute Gasteiger partial charge is 0.485 e. The number of carbonyl (C=O) groups excluding carboxylic acids is 1. The lowest BCUT2D eigenvalue weighted by Crippen LogP contribution is -2.26. The number of benzene rings is 2. The molecule has 0 radical (unpaired) electrons. The standard InChI is InChI=1S/C22H24O6/c1-24-12-26-16-5-3-14(4-6-16)22-20-10-15(23)9-18(20)19-11-17(27-13-25-2)7-8-21(19)28-22/h3-8,11,18,20,22H,9-10,12-13H2,1-2H3/t18-,20-,22?/m1/s1. The minimum absolute atomic E-state index is 0.114. The van der Waals surface area contributed by atoms with Crippen LogP contribution in [0.25, 0.3) is 0 Å². The molecule has 28 heavy (non-hydrogen) atoms. The number of fused-ring (bicyclic) bond motifs is 3. The van der Waals surface area contributed by atoms with Crippen LogP contribution >= 0.6 is 0 Å². The Morgan fingerprint density at radius 3 is 2.32 bits per heavy atom. The highest BCUT2D eigenvalue weighted by molar-refractivity contribution is 5.83. The van der Waals surface area contributed by atoms with Gasteiger partial charge in [0.2, 0.25) is 0 Å². The van der Waals surface area contributed by atoms with E-state index in [2.05, 4.69) is 0 Å². The van der Waals surface area contributed by atoms with Crippen molar-refractivity contribution in [2.24, 2.45) is 5.92 Å². The molecule has 2 aromatic rings.